The van der Waals surface area contributed by atoms with E-state index in [0.29, 0.717) is 17.5 Å². The zero-order valence-corrected chi connectivity index (χ0v) is 34.0. The maximum atomic E-state index is 5.13. The van der Waals surface area contributed by atoms with E-state index >= 15 is 0 Å². The van der Waals surface area contributed by atoms with Crippen molar-refractivity contribution in [2.75, 3.05) is 0 Å². The van der Waals surface area contributed by atoms with Crippen LogP contribution in [0.1, 0.15) is 0 Å². The van der Waals surface area contributed by atoms with Crippen molar-refractivity contribution in [3.8, 4) is 51.2 Å². The summed E-state index contributed by atoms with van der Waals surface area (Å²) in [6.45, 7) is 0. The Labute approximate surface area is 362 Å². The average Bonchev–Trinajstić information content (AvgIpc) is 4.00. The zero-order chi connectivity index (χ0) is 41.4. The van der Waals surface area contributed by atoms with Crippen molar-refractivity contribution in [1.29, 1.82) is 0 Å². The molecule has 0 saturated carbocycles. The first-order valence-corrected chi connectivity index (χ1v) is 21.3. The maximum Gasteiger partial charge on any atom is 0.164 e. The lowest BCUT2D eigenvalue weighted by Crippen LogP contribution is -2.00. The first-order valence-electron chi connectivity index (χ1n) is 21.3. The van der Waals surface area contributed by atoms with Crippen molar-refractivity contribution in [3.63, 3.8) is 0 Å². The molecule has 0 aliphatic carbocycles. The number of hydrogen-bond donors (Lipinski definition) is 0. The van der Waals surface area contributed by atoms with E-state index in [-0.39, 0.29) is 0 Å². The summed E-state index contributed by atoms with van der Waals surface area (Å²) in [5, 5.41) is 7.20. The molecule has 6 heteroatoms. The normalized spacial score (nSPS) is 11.8. The van der Waals surface area contributed by atoms with Crippen molar-refractivity contribution in [2.45, 2.75) is 0 Å². The summed E-state index contributed by atoms with van der Waals surface area (Å²) in [5.41, 5.74) is 13.0. The molecule has 0 atom stereocenters. The van der Waals surface area contributed by atoms with Crippen LogP contribution >= 0.6 is 0 Å². The molecule has 4 heterocycles. The molecular weight excluding hydrogens is 769 g/mol. The number of para-hydroxylation sites is 4. The van der Waals surface area contributed by atoms with Gasteiger partial charge < -0.3 is 13.7 Å². The van der Waals surface area contributed by atoms with E-state index in [1.165, 1.54) is 38.0 Å². The summed E-state index contributed by atoms with van der Waals surface area (Å²) >= 11 is 0. The molecule has 6 nitrogen and oxygen atoms in total. The molecule has 0 N–H and O–H groups in total. The van der Waals surface area contributed by atoms with Crippen LogP contribution in [0.15, 0.2) is 218 Å². The summed E-state index contributed by atoms with van der Waals surface area (Å²) in [5.74, 6) is 1.89. The SMILES string of the molecule is c1ccc(-c2nc(-c3ccccc3)nc(-c3ccc4c5c(ccc6c7ccccc7n(-c7ccc8c9ccccc9n(-c9ccccc9)c8c7)c65)n(-c5ccccc5)c4c3)n2)cc1. The van der Waals surface area contributed by atoms with Gasteiger partial charge in [-0.25, -0.2) is 15.0 Å². The summed E-state index contributed by atoms with van der Waals surface area (Å²) in [6.07, 6.45) is 0. The Balaban J connectivity index is 1.11. The third kappa shape index (κ3) is 5.48. The Morgan fingerprint density at radius 1 is 0.254 bits per heavy atom. The molecular formula is C57H36N6. The Morgan fingerprint density at radius 3 is 1.32 bits per heavy atom. The highest BCUT2D eigenvalue weighted by Crippen LogP contribution is 2.44. The second kappa shape index (κ2) is 14.0. The number of benzene rings is 9. The van der Waals surface area contributed by atoms with Crippen molar-refractivity contribution in [3.05, 3.63) is 218 Å². The minimum absolute atomic E-state index is 0.621. The van der Waals surface area contributed by atoms with Crippen molar-refractivity contribution in [1.82, 2.24) is 28.7 Å². The Morgan fingerprint density at radius 2 is 0.698 bits per heavy atom. The number of aromatic nitrogens is 6. The number of nitrogens with zero attached hydrogens (tertiary/aromatic N) is 6. The van der Waals surface area contributed by atoms with E-state index in [2.05, 4.69) is 171 Å². The first-order chi connectivity index (χ1) is 31.3. The number of fused-ring (bicyclic) bond motifs is 10. The lowest BCUT2D eigenvalue weighted by Gasteiger charge is -2.12. The molecule has 0 bridgehead atoms. The van der Waals surface area contributed by atoms with E-state index in [4.69, 9.17) is 15.0 Å². The van der Waals surface area contributed by atoms with E-state index in [0.717, 1.165) is 61.2 Å². The smallest absolute Gasteiger partial charge is 0.164 e. The molecule has 0 aliphatic heterocycles. The van der Waals surface area contributed by atoms with Crippen LogP contribution in [0, 0.1) is 0 Å². The molecule has 294 valence electrons. The van der Waals surface area contributed by atoms with E-state index in [9.17, 15) is 0 Å². The number of hydrogen-bond acceptors (Lipinski definition) is 3. The van der Waals surface area contributed by atoms with Crippen LogP contribution in [0.4, 0.5) is 0 Å². The van der Waals surface area contributed by atoms with E-state index in [1.807, 2.05) is 60.7 Å². The van der Waals surface area contributed by atoms with Crippen LogP contribution in [-0.4, -0.2) is 28.7 Å². The highest BCUT2D eigenvalue weighted by molar-refractivity contribution is 6.26. The lowest BCUT2D eigenvalue weighted by atomic mass is 10.1. The summed E-state index contributed by atoms with van der Waals surface area (Å²) in [4.78, 5) is 15.2. The van der Waals surface area contributed by atoms with Gasteiger partial charge >= 0.3 is 0 Å². The van der Waals surface area contributed by atoms with Gasteiger partial charge in [-0.2, -0.15) is 0 Å². The summed E-state index contributed by atoms with van der Waals surface area (Å²) in [7, 11) is 0. The first kappa shape index (κ1) is 35.2. The molecule has 9 aromatic carbocycles. The summed E-state index contributed by atoms with van der Waals surface area (Å²) in [6, 6.07) is 77.4. The van der Waals surface area contributed by atoms with Gasteiger partial charge in [-0.15, -0.1) is 0 Å². The van der Waals surface area contributed by atoms with Crippen molar-refractivity contribution < 1.29 is 0 Å². The molecule has 63 heavy (non-hydrogen) atoms. The highest BCUT2D eigenvalue weighted by atomic mass is 15.0. The van der Waals surface area contributed by atoms with Gasteiger partial charge in [-0.1, -0.05) is 158 Å². The van der Waals surface area contributed by atoms with Gasteiger partial charge in [0.15, 0.2) is 17.5 Å². The van der Waals surface area contributed by atoms with Gasteiger partial charge in [0.2, 0.25) is 0 Å². The van der Waals surface area contributed by atoms with Gasteiger partial charge in [0, 0.05) is 66.1 Å². The van der Waals surface area contributed by atoms with Crippen LogP contribution in [0.2, 0.25) is 0 Å². The predicted molar refractivity (Wildman–Crippen MR) is 259 cm³/mol. The molecule has 0 spiro atoms. The average molecular weight is 805 g/mol. The Bertz CT molecular complexity index is 3830. The zero-order valence-electron chi connectivity index (χ0n) is 34.0. The van der Waals surface area contributed by atoms with Gasteiger partial charge in [0.25, 0.3) is 0 Å². The minimum Gasteiger partial charge on any atom is -0.309 e. The van der Waals surface area contributed by atoms with E-state index in [1.54, 1.807) is 0 Å². The molecule has 0 fully saturated rings. The minimum atomic E-state index is 0.621. The van der Waals surface area contributed by atoms with Crippen LogP contribution in [0.3, 0.4) is 0 Å². The Hall–Kier alpha value is -8.61. The maximum absolute atomic E-state index is 5.13. The molecule has 0 radical (unpaired) electrons. The topological polar surface area (TPSA) is 53.5 Å². The molecule has 13 aromatic rings. The fourth-order valence-electron chi connectivity index (χ4n) is 9.71. The number of rotatable bonds is 6. The monoisotopic (exact) mass is 804 g/mol. The molecule has 0 aliphatic rings. The standard InChI is InChI=1S/C57H36N6/c1-5-17-37(18-6-1)55-58-56(38-19-7-2-8-20-38)60-57(59-55)39-29-31-47-51(35-39)62(41-23-11-4-12-24-41)50-34-33-46-44-26-14-16-28-49(44)63(54(46)53(47)50)42-30-32-45-43-25-13-15-27-48(43)61(52(45)36-42)40-21-9-3-10-22-40/h1-36H. The predicted octanol–water partition coefficient (Wildman–Crippen LogP) is 14.2. The van der Waals surface area contributed by atoms with Crippen LogP contribution in [0.25, 0.3) is 117 Å². The third-order valence-electron chi connectivity index (χ3n) is 12.5. The quantitative estimate of drug-likeness (QED) is 0.168. The fourth-order valence-corrected chi connectivity index (χ4v) is 9.71. The van der Waals surface area contributed by atoms with Crippen LogP contribution in [0.5, 0.6) is 0 Å². The second-order valence-corrected chi connectivity index (χ2v) is 16.0. The third-order valence-corrected chi connectivity index (χ3v) is 12.5. The van der Waals surface area contributed by atoms with Crippen molar-refractivity contribution in [2.24, 2.45) is 0 Å². The van der Waals surface area contributed by atoms with Gasteiger partial charge in [0.1, 0.15) is 0 Å². The van der Waals surface area contributed by atoms with Gasteiger partial charge in [-0.05, 0) is 60.7 Å². The summed E-state index contributed by atoms with van der Waals surface area (Å²) < 4.78 is 7.27. The second-order valence-electron chi connectivity index (χ2n) is 16.0. The van der Waals surface area contributed by atoms with Crippen LogP contribution < -0.4 is 0 Å². The molecule has 0 saturated heterocycles. The Kier molecular flexibility index (Phi) is 7.80. The molecule has 0 unspecified atom stereocenters. The highest BCUT2D eigenvalue weighted by Gasteiger charge is 2.23. The fraction of sp³-hybridized carbons (Fsp3) is 0. The van der Waals surface area contributed by atoms with E-state index < -0.39 is 0 Å². The lowest BCUT2D eigenvalue weighted by molar-refractivity contribution is 1.07. The van der Waals surface area contributed by atoms with Gasteiger partial charge in [-0.3, -0.25) is 0 Å². The van der Waals surface area contributed by atoms with Crippen LogP contribution in [-0.2, 0) is 0 Å². The van der Waals surface area contributed by atoms with Gasteiger partial charge in [0.05, 0.1) is 33.1 Å². The largest absolute Gasteiger partial charge is 0.309 e. The molecule has 13 rings (SSSR count). The van der Waals surface area contributed by atoms with Crippen molar-refractivity contribution >= 4 is 65.4 Å². The molecule has 0 amide bonds. The molecule has 4 aromatic heterocycles.